The van der Waals surface area contributed by atoms with E-state index < -0.39 is 0 Å². The van der Waals surface area contributed by atoms with E-state index in [1.807, 2.05) is 31.2 Å². The SMILES string of the molecule is COc1ccc(C(C)Nc2cccc(F)c2)cc1OC. The number of ether oxygens (including phenoxy) is 2. The number of anilines is 1. The molecule has 2 aromatic carbocycles. The smallest absolute Gasteiger partial charge is 0.161 e. The summed E-state index contributed by atoms with van der Waals surface area (Å²) in [5.74, 6) is 1.11. The second-order valence-electron chi connectivity index (χ2n) is 4.49. The van der Waals surface area contributed by atoms with E-state index in [4.69, 9.17) is 9.47 Å². The van der Waals surface area contributed by atoms with Gasteiger partial charge in [-0.05, 0) is 42.8 Å². The van der Waals surface area contributed by atoms with E-state index in [1.54, 1.807) is 20.3 Å². The van der Waals surface area contributed by atoms with E-state index in [2.05, 4.69) is 5.32 Å². The lowest BCUT2D eigenvalue weighted by Crippen LogP contribution is -2.07. The van der Waals surface area contributed by atoms with Gasteiger partial charge in [-0.15, -0.1) is 0 Å². The van der Waals surface area contributed by atoms with Crippen LogP contribution < -0.4 is 14.8 Å². The summed E-state index contributed by atoms with van der Waals surface area (Å²) in [6, 6.07) is 12.2. The molecule has 0 amide bonds. The summed E-state index contributed by atoms with van der Waals surface area (Å²) in [7, 11) is 3.21. The second-order valence-corrected chi connectivity index (χ2v) is 4.49. The van der Waals surface area contributed by atoms with Crippen LogP contribution in [0.5, 0.6) is 11.5 Å². The lowest BCUT2D eigenvalue weighted by Gasteiger charge is -2.17. The molecule has 0 aliphatic rings. The maximum Gasteiger partial charge on any atom is 0.161 e. The highest BCUT2D eigenvalue weighted by Gasteiger charge is 2.10. The van der Waals surface area contributed by atoms with Crippen LogP contribution in [0.3, 0.4) is 0 Å². The summed E-state index contributed by atoms with van der Waals surface area (Å²) in [5.41, 5.74) is 1.78. The predicted octanol–water partition coefficient (Wildman–Crippen LogP) is 4.02. The number of hydrogen-bond acceptors (Lipinski definition) is 3. The van der Waals surface area contributed by atoms with Crippen molar-refractivity contribution in [2.45, 2.75) is 13.0 Å². The molecule has 20 heavy (non-hydrogen) atoms. The Hall–Kier alpha value is -2.23. The van der Waals surface area contributed by atoms with Crippen LogP contribution in [0.4, 0.5) is 10.1 Å². The summed E-state index contributed by atoms with van der Waals surface area (Å²) in [4.78, 5) is 0. The van der Waals surface area contributed by atoms with Gasteiger partial charge in [-0.1, -0.05) is 12.1 Å². The van der Waals surface area contributed by atoms with E-state index >= 15 is 0 Å². The monoisotopic (exact) mass is 275 g/mol. The molecule has 0 heterocycles. The summed E-state index contributed by atoms with van der Waals surface area (Å²) in [5, 5.41) is 3.25. The highest BCUT2D eigenvalue weighted by Crippen LogP contribution is 2.31. The fourth-order valence-electron chi connectivity index (χ4n) is 2.03. The third-order valence-corrected chi connectivity index (χ3v) is 3.12. The molecule has 0 bridgehead atoms. The minimum absolute atomic E-state index is 0.0246. The van der Waals surface area contributed by atoms with Gasteiger partial charge in [0, 0.05) is 11.7 Å². The average molecular weight is 275 g/mol. The van der Waals surface area contributed by atoms with Crippen molar-refractivity contribution in [3.63, 3.8) is 0 Å². The molecular formula is C16H18FNO2. The lowest BCUT2D eigenvalue weighted by atomic mass is 10.1. The first kappa shape index (κ1) is 14.2. The summed E-state index contributed by atoms with van der Waals surface area (Å²) in [6.07, 6.45) is 0. The third-order valence-electron chi connectivity index (χ3n) is 3.12. The topological polar surface area (TPSA) is 30.5 Å². The molecule has 0 aromatic heterocycles. The van der Waals surface area contributed by atoms with E-state index in [0.29, 0.717) is 11.5 Å². The molecule has 106 valence electrons. The highest BCUT2D eigenvalue weighted by molar-refractivity contribution is 5.48. The van der Waals surface area contributed by atoms with Crippen molar-refractivity contribution in [2.75, 3.05) is 19.5 Å². The summed E-state index contributed by atoms with van der Waals surface area (Å²) >= 11 is 0. The van der Waals surface area contributed by atoms with Crippen LogP contribution in [0.2, 0.25) is 0 Å². The molecule has 0 radical (unpaired) electrons. The number of hydrogen-bond donors (Lipinski definition) is 1. The van der Waals surface area contributed by atoms with Crippen molar-refractivity contribution < 1.29 is 13.9 Å². The Balaban J connectivity index is 2.18. The van der Waals surface area contributed by atoms with Gasteiger partial charge in [-0.2, -0.15) is 0 Å². The first-order valence-electron chi connectivity index (χ1n) is 6.38. The Kier molecular flexibility index (Phi) is 4.45. The van der Waals surface area contributed by atoms with Gasteiger partial charge in [0.15, 0.2) is 11.5 Å². The minimum Gasteiger partial charge on any atom is -0.493 e. The molecule has 0 saturated heterocycles. The summed E-state index contributed by atoms with van der Waals surface area (Å²) in [6.45, 7) is 2.01. The van der Waals surface area contributed by atoms with Gasteiger partial charge in [-0.25, -0.2) is 4.39 Å². The number of methoxy groups -OCH3 is 2. The van der Waals surface area contributed by atoms with Crippen LogP contribution >= 0.6 is 0 Å². The zero-order valence-electron chi connectivity index (χ0n) is 11.8. The number of nitrogens with one attached hydrogen (secondary N) is 1. The van der Waals surface area contributed by atoms with Crippen molar-refractivity contribution in [1.29, 1.82) is 0 Å². The Morgan fingerprint density at radius 3 is 2.40 bits per heavy atom. The number of halogens is 1. The maximum atomic E-state index is 13.2. The maximum absolute atomic E-state index is 13.2. The van der Waals surface area contributed by atoms with Gasteiger partial charge < -0.3 is 14.8 Å². The Morgan fingerprint density at radius 1 is 1.00 bits per heavy atom. The fourth-order valence-corrected chi connectivity index (χ4v) is 2.03. The normalized spacial score (nSPS) is 11.8. The molecular weight excluding hydrogens is 257 g/mol. The van der Waals surface area contributed by atoms with Crippen molar-refractivity contribution in [3.05, 3.63) is 53.8 Å². The van der Waals surface area contributed by atoms with Gasteiger partial charge >= 0.3 is 0 Å². The molecule has 2 aromatic rings. The van der Waals surface area contributed by atoms with Crippen molar-refractivity contribution in [1.82, 2.24) is 0 Å². The third kappa shape index (κ3) is 3.20. The molecule has 2 rings (SSSR count). The van der Waals surface area contributed by atoms with Crippen LogP contribution in [0.15, 0.2) is 42.5 Å². The molecule has 1 unspecified atom stereocenters. The predicted molar refractivity (Wildman–Crippen MR) is 78.0 cm³/mol. The van der Waals surface area contributed by atoms with E-state index in [0.717, 1.165) is 11.3 Å². The zero-order chi connectivity index (χ0) is 14.5. The fraction of sp³-hybridized carbons (Fsp3) is 0.250. The number of rotatable bonds is 5. The van der Waals surface area contributed by atoms with Crippen LogP contribution in [-0.4, -0.2) is 14.2 Å². The Labute approximate surface area is 118 Å². The van der Waals surface area contributed by atoms with E-state index in [-0.39, 0.29) is 11.9 Å². The molecule has 1 N–H and O–H groups in total. The quantitative estimate of drug-likeness (QED) is 0.894. The molecule has 0 spiro atoms. The van der Waals surface area contributed by atoms with Gasteiger partial charge in [0.2, 0.25) is 0 Å². The Bertz CT molecular complexity index is 586. The molecule has 0 fully saturated rings. The van der Waals surface area contributed by atoms with Crippen molar-refractivity contribution in [2.24, 2.45) is 0 Å². The zero-order valence-corrected chi connectivity index (χ0v) is 11.8. The van der Waals surface area contributed by atoms with Gasteiger partial charge in [-0.3, -0.25) is 0 Å². The van der Waals surface area contributed by atoms with Crippen LogP contribution in [0, 0.1) is 5.82 Å². The molecule has 1 atom stereocenters. The first-order chi connectivity index (χ1) is 9.63. The van der Waals surface area contributed by atoms with E-state index in [9.17, 15) is 4.39 Å². The molecule has 0 saturated carbocycles. The first-order valence-corrected chi connectivity index (χ1v) is 6.38. The van der Waals surface area contributed by atoms with Crippen LogP contribution in [0.25, 0.3) is 0 Å². The second kappa shape index (κ2) is 6.28. The number of benzene rings is 2. The standard InChI is InChI=1S/C16H18FNO2/c1-11(18-14-6-4-5-13(17)10-14)12-7-8-15(19-2)16(9-12)20-3/h4-11,18H,1-3H3. The molecule has 3 nitrogen and oxygen atoms in total. The van der Waals surface area contributed by atoms with Gasteiger partial charge in [0.25, 0.3) is 0 Å². The largest absolute Gasteiger partial charge is 0.493 e. The highest BCUT2D eigenvalue weighted by atomic mass is 19.1. The minimum atomic E-state index is -0.255. The van der Waals surface area contributed by atoms with Gasteiger partial charge in [0.1, 0.15) is 5.82 Å². The lowest BCUT2D eigenvalue weighted by molar-refractivity contribution is 0.354. The van der Waals surface area contributed by atoms with Gasteiger partial charge in [0.05, 0.1) is 14.2 Å². The summed E-state index contributed by atoms with van der Waals surface area (Å²) < 4.78 is 23.7. The Morgan fingerprint density at radius 2 is 1.75 bits per heavy atom. The van der Waals surface area contributed by atoms with E-state index in [1.165, 1.54) is 12.1 Å². The molecule has 0 aliphatic heterocycles. The van der Waals surface area contributed by atoms with Crippen LogP contribution in [-0.2, 0) is 0 Å². The average Bonchev–Trinajstić information content (AvgIpc) is 2.46. The molecule has 4 heteroatoms. The molecule has 0 aliphatic carbocycles. The van der Waals surface area contributed by atoms with Crippen molar-refractivity contribution in [3.8, 4) is 11.5 Å². The van der Waals surface area contributed by atoms with Crippen molar-refractivity contribution >= 4 is 5.69 Å². The van der Waals surface area contributed by atoms with Crippen LogP contribution in [0.1, 0.15) is 18.5 Å².